The first kappa shape index (κ1) is 21.9. The first-order valence-corrected chi connectivity index (χ1v) is 13.6. The number of benzene rings is 6. The Hall–Kier alpha value is -5.11. The third-order valence-electron chi connectivity index (χ3n) is 7.48. The minimum absolute atomic E-state index is 0.632. The van der Waals surface area contributed by atoms with E-state index in [0.717, 1.165) is 39.0 Å². The fourth-order valence-corrected chi connectivity index (χ4v) is 6.85. The molecule has 2 heterocycles. The van der Waals surface area contributed by atoms with Gasteiger partial charge in [0.05, 0.1) is 17.3 Å². The molecule has 3 nitrogen and oxygen atoms in total. The molecule has 0 N–H and O–H groups in total. The molecule has 0 fully saturated rings. The summed E-state index contributed by atoms with van der Waals surface area (Å²) < 4.78 is 8.96. The lowest BCUT2D eigenvalue weighted by Gasteiger charge is -2.25. The number of hydrogen-bond acceptors (Lipinski definition) is 4. The maximum Gasteiger partial charge on any atom is 0.159 e. The Morgan fingerprint density at radius 2 is 1.38 bits per heavy atom. The lowest BCUT2D eigenvalue weighted by atomic mass is 10.0. The second-order valence-electron chi connectivity index (χ2n) is 9.69. The summed E-state index contributed by atoms with van der Waals surface area (Å²) in [6.07, 6.45) is 0. The van der Waals surface area contributed by atoms with E-state index in [9.17, 15) is 5.26 Å². The lowest BCUT2D eigenvalue weighted by molar-refractivity contribution is 0.669. The molecule has 0 radical (unpaired) electrons. The van der Waals surface area contributed by atoms with Crippen LogP contribution in [-0.2, 0) is 0 Å². The van der Waals surface area contributed by atoms with Gasteiger partial charge >= 0.3 is 0 Å². The molecule has 0 aliphatic carbocycles. The van der Waals surface area contributed by atoms with E-state index < -0.39 is 0 Å². The largest absolute Gasteiger partial charge is 0.454 e. The van der Waals surface area contributed by atoms with E-state index in [1.807, 2.05) is 53.8 Å². The molecule has 0 amide bonds. The highest BCUT2D eigenvalue weighted by atomic mass is 32.1. The second-order valence-corrected chi connectivity index (χ2v) is 10.8. The zero-order valence-corrected chi connectivity index (χ0v) is 21.6. The highest BCUT2D eigenvalue weighted by Gasteiger charge is 2.20. The summed E-state index contributed by atoms with van der Waals surface area (Å²) in [6, 6.07) is 44.2. The number of para-hydroxylation sites is 2. The number of nitrogens with zero attached hydrogens (tertiary/aromatic N) is 2. The molecule has 0 saturated carbocycles. The van der Waals surface area contributed by atoms with Gasteiger partial charge in [-0.2, -0.15) is 5.26 Å². The Morgan fingerprint density at radius 1 is 0.615 bits per heavy atom. The Kier molecular flexibility index (Phi) is 4.75. The van der Waals surface area contributed by atoms with Gasteiger partial charge in [-0.25, -0.2) is 0 Å². The average Bonchev–Trinajstić information content (AvgIpc) is 3.56. The molecule has 2 aromatic heterocycles. The monoisotopic (exact) mass is 516 g/mol. The summed E-state index contributed by atoms with van der Waals surface area (Å²) in [5.74, 6) is 0. The predicted molar refractivity (Wildman–Crippen MR) is 164 cm³/mol. The van der Waals surface area contributed by atoms with Crippen LogP contribution in [0.1, 0.15) is 5.56 Å². The van der Waals surface area contributed by atoms with Crippen LogP contribution in [0.25, 0.3) is 52.9 Å². The van der Waals surface area contributed by atoms with Crippen molar-refractivity contribution in [2.45, 2.75) is 0 Å². The van der Waals surface area contributed by atoms with Crippen LogP contribution in [0.15, 0.2) is 126 Å². The van der Waals surface area contributed by atoms with Crippen LogP contribution in [0.5, 0.6) is 0 Å². The summed E-state index contributed by atoms with van der Waals surface area (Å²) >= 11 is 1.82. The number of rotatable bonds is 3. The van der Waals surface area contributed by atoms with E-state index in [2.05, 4.69) is 89.8 Å². The number of nitriles is 1. The van der Waals surface area contributed by atoms with Crippen LogP contribution in [0, 0.1) is 11.3 Å². The molecule has 0 aliphatic heterocycles. The van der Waals surface area contributed by atoms with Gasteiger partial charge in [0.2, 0.25) is 0 Å². The summed E-state index contributed by atoms with van der Waals surface area (Å²) in [4.78, 5) is 2.23. The van der Waals surface area contributed by atoms with Crippen LogP contribution in [0.2, 0.25) is 0 Å². The standard InChI is InChI=1S/C35H20N2OS/c36-21-22-12-15-24(16-13-22)37(30-10-5-9-28-27-8-3-4-11-31(27)38-35(28)30)25-17-18-29-33(20-25)39-32-19-14-23-6-1-2-7-26(23)34(29)32/h1-20H. The Balaban J connectivity index is 1.40. The van der Waals surface area contributed by atoms with Gasteiger partial charge in [-0.1, -0.05) is 66.7 Å². The fourth-order valence-electron chi connectivity index (χ4n) is 5.69. The normalized spacial score (nSPS) is 11.6. The van der Waals surface area contributed by atoms with Crippen molar-refractivity contribution in [1.29, 1.82) is 5.26 Å². The van der Waals surface area contributed by atoms with E-state index in [1.165, 1.54) is 30.9 Å². The molecule has 0 bridgehead atoms. The third-order valence-corrected chi connectivity index (χ3v) is 8.60. The van der Waals surface area contributed by atoms with Crippen molar-refractivity contribution >= 4 is 81.3 Å². The number of anilines is 3. The van der Waals surface area contributed by atoms with Crippen molar-refractivity contribution in [2.24, 2.45) is 0 Å². The van der Waals surface area contributed by atoms with Gasteiger partial charge in [0.1, 0.15) is 5.58 Å². The molecule has 6 aromatic carbocycles. The molecule has 8 aromatic rings. The molecular weight excluding hydrogens is 496 g/mol. The first-order valence-electron chi connectivity index (χ1n) is 12.8. The van der Waals surface area contributed by atoms with E-state index in [4.69, 9.17) is 4.42 Å². The van der Waals surface area contributed by atoms with Gasteiger partial charge in [-0.3, -0.25) is 0 Å². The first-order chi connectivity index (χ1) is 19.3. The van der Waals surface area contributed by atoms with Gasteiger partial charge in [0.15, 0.2) is 5.58 Å². The zero-order valence-electron chi connectivity index (χ0n) is 20.8. The van der Waals surface area contributed by atoms with E-state index in [-0.39, 0.29) is 0 Å². The van der Waals surface area contributed by atoms with Crippen molar-refractivity contribution < 1.29 is 4.42 Å². The number of hydrogen-bond donors (Lipinski definition) is 0. The number of thiophene rings is 1. The van der Waals surface area contributed by atoms with Crippen molar-refractivity contribution in [3.63, 3.8) is 0 Å². The van der Waals surface area contributed by atoms with Crippen molar-refractivity contribution in [1.82, 2.24) is 0 Å². The van der Waals surface area contributed by atoms with Gasteiger partial charge < -0.3 is 9.32 Å². The Bertz CT molecular complexity index is 2250. The highest BCUT2D eigenvalue weighted by molar-refractivity contribution is 7.26. The summed E-state index contributed by atoms with van der Waals surface area (Å²) in [7, 11) is 0. The molecule has 8 rings (SSSR count). The van der Waals surface area contributed by atoms with Crippen molar-refractivity contribution in [3.8, 4) is 6.07 Å². The third kappa shape index (κ3) is 3.34. The molecule has 39 heavy (non-hydrogen) atoms. The van der Waals surface area contributed by atoms with Crippen LogP contribution >= 0.6 is 11.3 Å². The van der Waals surface area contributed by atoms with Crippen LogP contribution in [-0.4, -0.2) is 0 Å². The van der Waals surface area contributed by atoms with Gasteiger partial charge in [0.25, 0.3) is 0 Å². The van der Waals surface area contributed by atoms with Gasteiger partial charge in [-0.15, -0.1) is 11.3 Å². The van der Waals surface area contributed by atoms with Gasteiger partial charge in [-0.05, 0) is 65.4 Å². The minimum Gasteiger partial charge on any atom is -0.454 e. The average molecular weight is 517 g/mol. The molecule has 0 saturated heterocycles. The van der Waals surface area contributed by atoms with E-state index in [1.54, 1.807) is 0 Å². The van der Waals surface area contributed by atoms with Crippen LogP contribution in [0.4, 0.5) is 17.1 Å². The Labute approximate surface area is 228 Å². The lowest BCUT2D eigenvalue weighted by Crippen LogP contribution is -2.10. The van der Waals surface area contributed by atoms with Crippen LogP contribution in [0.3, 0.4) is 0 Å². The summed E-state index contributed by atoms with van der Waals surface area (Å²) in [5, 5.41) is 16.7. The summed E-state index contributed by atoms with van der Waals surface area (Å²) in [6.45, 7) is 0. The smallest absolute Gasteiger partial charge is 0.159 e. The second kappa shape index (κ2) is 8.46. The molecule has 0 spiro atoms. The zero-order chi connectivity index (χ0) is 25.9. The van der Waals surface area contributed by atoms with Crippen molar-refractivity contribution in [3.05, 3.63) is 127 Å². The van der Waals surface area contributed by atoms with E-state index in [0.29, 0.717) is 5.56 Å². The molecule has 182 valence electrons. The highest BCUT2D eigenvalue weighted by Crippen LogP contribution is 2.45. The number of furan rings is 1. The molecule has 4 heteroatoms. The molecular formula is C35H20N2OS. The quantitative estimate of drug-likeness (QED) is 0.234. The van der Waals surface area contributed by atoms with Crippen molar-refractivity contribution in [2.75, 3.05) is 4.90 Å². The maximum absolute atomic E-state index is 9.41. The van der Waals surface area contributed by atoms with Gasteiger partial charge in [0, 0.05) is 42.3 Å². The maximum atomic E-state index is 9.41. The molecule has 0 aliphatic rings. The topological polar surface area (TPSA) is 40.2 Å². The predicted octanol–water partition coefficient (Wildman–Crippen LogP) is 10.4. The van der Waals surface area contributed by atoms with Crippen LogP contribution < -0.4 is 4.90 Å². The van der Waals surface area contributed by atoms with E-state index >= 15 is 0 Å². The SMILES string of the molecule is N#Cc1ccc(N(c2ccc3c(c2)sc2ccc4ccccc4c23)c2cccc3c2oc2ccccc23)cc1. The minimum atomic E-state index is 0.632. The fraction of sp³-hybridized carbons (Fsp3) is 0. The molecule has 0 atom stereocenters. The number of fused-ring (bicyclic) bond motifs is 8. The summed E-state index contributed by atoms with van der Waals surface area (Å²) in [5.41, 5.74) is 5.30. The molecule has 0 unspecified atom stereocenters. The Morgan fingerprint density at radius 3 is 2.26 bits per heavy atom.